The molecule has 3 aromatic rings. The van der Waals surface area contributed by atoms with Gasteiger partial charge in [0.15, 0.2) is 11.5 Å². The minimum absolute atomic E-state index is 0.128. The first-order valence-corrected chi connectivity index (χ1v) is 13.3. The molecule has 0 bridgehead atoms. The molecule has 0 fully saturated rings. The number of anilines is 1. The van der Waals surface area contributed by atoms with Crippen LogP contribution in [-0.2, 0) is 4.79 Å². The molecule has 0 unspecified atom stereocenters. The summed E-state index contributed by atoms with van der Waals surface area (Å²) in [7, 11) is 1.54. The van der Waals surface area contributed by atoms with Gasteiger partial charge < -0.3 is 19.5 Å². The second-order valence-electron chi connectivity index (χ2n) is 7.61. The molecule has 0 aromatic heterocycles. The largest absolute Gasteiger partial charge is 0.497 e. The first-order valence-electron chi connectivity index (χ1n) is 10.9. The predicted octanol–water partition coefficient (Wildman–Crippen LogP) is 7.45. The Balaban J connectivity index is 1.90. The average molecular weight is 693 g/mol. The van der Waals surface area contributed by atoms with Crippen LogP contribution < -0.4 is 19.5 Å². The summed E-state index contributed by atoms with van der Waals surface area (Å²) in [5.41, 5.74) is 2.20. The van der Waals surface area contributed by atoms with Gasteiger partial charge in [0.25, 0.3) is 5.91 Å². The summed E-state index contributed by atoms with van der Waals surface area (Å²) in [6.07, 6.45) is 1.42. The minimum atomic E-state index is -0.586. The van der Waals surface area contributed by atoms with Crippen LogP contribution in [0.15, 0.2) is 67.5 Å². The Morgan fingerprint density at radius 3 is 2.24 bits per heavy atom. The Hall–Kier alpha value is -3.13. The lowest BCUT2D eigenvalue weighted by Gasteiger charge is -2.14. The lowest BCUT2D eigenvalue weighted by molar-refractivity contribution is -0.112. The van der Waals surface area contributed by atoms with E-state index in [4.69, 9.17) is 14.2 Å². The number of methoxy groups -OCH3 is 1. The van der Waals surface area contributed by atoms with Gasteiger partial charge in [-0.15, -0.1) is 0 Å². The highest BCUT2D eigenvalue weighted by atomic mass is 79.9. The molecule has 1 N–H and O–H groups in total. The zero-order valence-electron chi connectivity index (χ0n) is 20.0. The minimum Gasteiger partial charge on any atom is -0.497 e. The van der Waals surface area contributed by atoms with Crippen LogP contribution in [0.2, 0.25) is 0 Å². The SMILES string of the molecule is CCOc1cc(/C=C(\C#N)C(=O)Nc2c(Br)cc(C)cc2Br)cc(Br)c1OC(=O)c1ccc(OC)cc1. The fourth-order valence-electron chi connectivity index (χ4n) is 3.23. The summed E-state index contributed by atoms with van der Waals surface area (Å²) in [6.45, 7) is 4.01. The Labute approximate surface area is 239 Å². The van der Waals surface area contributed by atoms with E-state index in [0.717, 1.165) is 5.56 Å². The molecule has 0 saturated carbocycles. The van der Waals surface area contributed by atoms with Gasteiger partial charge in [-0.25, -0.2) is 4.79 Å². The van der Waals surface area contributed by atoms with Gasteiger partial charge in [0.05, 0.1) is 29.4 Å². The van der Waals surface area contributed by atoms with Crippen molar-refractivity contribution in [2.75, 3.05) is 19.0 Å². The lowest BCUT2D eigenvalue weighted by Crippen LogP contribution is -2.14. The maximum atomic E-state index is 12.9. The summed E-state index contributed by atoms with van der Waals surface area (Å²) < 4.78 is 18.2. The van der Waals surface area contributed by atoms with E-state index in [2.05, 4.69) is 53.1 Å². The topological polar surface area (TPSA) is 97.6 Å². The van der Waals surface area contributed by atoms with Crippen molar-refractivity contribution in [1.29, 1.82) is 5.26 Å². The second-order valence-corrected chi connectivity index (χ2v) is 10.2. The first-order chi connectivity index (χ1) is 17.7. The fourth-order valence-corrected chi connectivity index (χ4v) is 5.38. The molecule has 0 aliphatic carbocycles. The van der Waals surface area contributed by atoms with Gasteiger partial charge in [0, 0.05) is 8.95 Å². The number of nitrogens with zero attached hydrogens (tertiary/aromatic N) is 1. The number of ether oxygens (including phenoxy) is 3. The third-order valence-corrected chi connectivity index (χ3v) is 6.79. The molecule has 37 heavy (non-hydrogen) atoms. The number of halogens is 3. The number of amides is 1. The summed E-state index contributed by atoms with van der Waals surface area (Å²) in [5, 5.41) is 12.4. The monoisotopic (exact) mass is 690 g/mol. The summed E-state index contributed by atoms with van der Waals surface area (Å²) in [5.74, 6) is -0.110. The zero-order valence-corrected chi connectivity index (χ0v) is 24.8. The van der Waals surface area contributed by atoms with E-state index in [1.165, 1.54) is 13.2 Å². The van der Waals surface area contributed by atoms with Crippen LogP contribution in [-0.4, -0.2) is 25.6 Å². The second kappa shape index (κ2) is 12.9. The molecular formula is C27H21Br3N2O5. The Morgan fingerprint density at radius 2 is 1.68 bits per heavy atom. The van der Waals surface area contributed by atoms with Crippen molar-refractivity contribution < 1.29 is 23.8 Å². The zero-order chi connectivity index (χ0) is 27.1. The molecule has 1 amide bonds. The average Bonchev–Trinajstić information content (AvgIpc) is 2.86. The maximum Gasteiger partial charge on any atom is 0.343 e. The van der Waals surface area contributed by atoms with Gasteiger partial charge in [-0.3, -0.25) is 4.79 Å². The molecule has 0 saturated heterocycles. The van der Waals surface area contributed by atoms with E-state index >= 15 is 0 Å². The number of nitriles is 1. The molecule has 190 valence electrons. The number of hydrogen-bond acceptors (Lipinski definition) is 6. The third kappa shape index (κ3) is 7.22. The number of carbonyl (C=O) groups is 2. The highest BCUT2D eigenvalue weighted by Gasteiger charge is 2.19. The quantitative estimate of drug-likeness (QED) is 0.114. The predicted molar refractivity (Wildman–Crippen MR) is 152 cm³/mol. The van der Waals surface area contributed by atoms with Crippen LogP contribution in [0.4, 0.5) is 5.69 Å². The molecule has 10 heteroatoms. The Bertz CT molecular complexity index is 1390. The van der Waals surface area contributed by atoms with Crippen molar-refractivity contribution >= 4 is 71.4 Å². The standard InChI is InChI=1S/C27H21Br3N2O5/c1-4-36-23-13-16(11-18(14-31)26(33)32-24-20(28)9-15(2)10-21(24)29)12-22(30)25(23)37-27(34)17-5-7-19(35-3)8-6-17/h5-13H,4H2,1-3H3,(H,32,33)/b18-11+. The summed E-state index contributed by atoms with van der Waals surface area (Å²) in [4.78, 5) is 25.6. The van der Waals surface area contributed by atoms with Crippen LogP contribution in [0, 0.1) is 18.3 Å². The molecule has 0 aliphatic rings. The number of esters is 1. The molecule has 3 rings (SSSR count). The van der Waals surface area contributed by atoms with Gasteiger partial charge in [-0.2, -0.15) is 5.26 Å². The van der Waals surface area contributed by atoms with Gasteiger partial charge in [0.2, 0.25) is 0 Å². The molecular weight excluding hydrogens is 672 g/mol. The van der Waals surface area contributed by atoms with Gasteiger partial charge in [-0.1, -0.05) is 0 Å². The lowest BCUT2D eigenvalue weighted by atomic mass is 10.1. The van der Waals surface area contributed by atoms with Gasteiger partial charge in [0.1, 0.15) is 17.4 Å². The van der Waals surface area contributed by atoms with Crippen molar-refractivity contribution in [3.8, 4) is 23.3 Å². The van der Waals surface area contributed by atoms with Crippen molar-refractivity contribution in [2.45, 2.75) is 13.8 Å². The van der Waals surface area contributed by atoms with E-state index in [1.54, 1.807) is 43.3 Å². The van der Waals surface area contributed by atoms with Crippen molar-refractivity contribution in [2.24, 2.45) is 0 Å². The number of hydrogen-bond donors (Lipinski definition) is 1. The fraction of sp³-hybridized carbons (Fsp3) is 0.148. The van der Waals surface area contributed by atoms with E-state index in [0.29, 0.717) is 42.6 Å². The van der Waals surface area contributed by atoms with E-state index < -0.39 is 11.9 Å². The smallest absolute Gasteiger partial charge is 0.343 e. The van der Waals surface area contributed by atoms with Crippen LogP contribution in [0.25, 0.3) is 6.08 Å². The molecule has 0 atom stereocenters. The maximum absolute atomic E-state index is 12.9. The number of rotatable bonds is 8. The molecule has 0 spiro atoms. The number of aryl methyl sites for hydroxylation is 1. The number of benzene rings is 3. The Morgan fingerprint density at radius 1 is 1.03 bits per heavy atom. The Kier molecular flexibility index (Phi) is 9.92. The number of carbonyl (C=O) groups excluding carboxylic acids is 2. The van der Waals surface area contributed by atoms with Crippen molar-refractivity contribution in [3.05, 3.63) is 84.2 Å². The van der Waals surface area contributed by atoms with Crippen LogP contribution in [0.3, 0.4) is 0 Å². The van der Waals surface area contributed by atoms with Gasteiger partial charge in [-0.05, 0) is 127 Å². The van der Waals surface area contributed by atoms with Crippen LogP contribution in [0.1, 0.15) is 28.4 Å². The molecule has 0 radical (unpaired) electrons. The first kappa shape index (κ1) is 28.4. The van der Waals surface area contributed by atoms with Crippen LogP contribution in [0.5, 0.6) is 17.2 Å². The molecule has 0 aliphatic heterocycles. The number of nitrogens with one attached hydrogen (secondary N) is 1. The summed E-state index contributed by atoms with van der Waals surface area (Å²) >= 11 is 10.3. The van der Waals surface area contributed by atoms with Crippen LogP contribution >= 0.6 is 47.8 Å². The molecule has 3 aromatic carbocycles. The highest BCUT2D eigenvalue weighted by molar-refractivity contribution is 9.11. The van der Waals surface area contributed by atoms with Crippen molar-refractivity contribution in [3.63, 3.8) is 0 Å². The normalized spacial score (nSPS) is 10.9. The molecule has 0 heterocycles. The molecule has 7 nitrogen and oxygen atoms in total. The van der Waals surface area contributed by atoms with Gasteiger partial charge >= 0.3 is 5.97 Å². The highest BCUT2D eigenvalue weighted by Crippen LogP contribution is 2.38. The summed E-state index contributed by atoms with van der Waals surface area (Å²) in [6, 6.07) is 15.4. The van der Waals surface area contributed by atoms with E-state index in [-0.39, 0.29) is 17.1 Å². The van der Waals surface area contributed by atoms with E-state index in [1.807, 2.05) is 25.1 Å². The van der Waals surface area contributed by atoms with Crippen molar-refractivity contribution in [1.82, 2.24) is 0 Å². The van der Waals surface area contributed by atoms with E-state index in [9.17, 15) is 14.9 Å². The third-order valence-electron chi connectivity index (χ3n) is 4.95.